The van der Waals surface area contributed by atoms with Crippen LogP contribution < -0.4 is 0 Å². The van der Waals surface area contributed by atoms with Crippen LogP contribution in [-0.2, 0) is 14.3 Å². The lowest BCUT2D eigenvalue weighted by atomic mass is 10.6. The third kappa shape index (κ3) is 3.48. The standard InChI is InChI=1S/C6H9ClO3/c1-4(7)6(8)10-5(2)9-3/h5H,1H2,2-3H3. The zero-order valence-corrected chi connectivity index (χ0v) is 6.64. The van der Waals surface area contributed by atoms with Gasteiger partial charge in [-0.05, 0) is 6.92 Å². The number of carbonyl (C=O) groups is 1. The summed E-state index contributed by atoms with van der Waals surface area (Å²) < 4.78 is 9.20. The molecule has 0 saturated heterocycles. The Kier molecular flexibility index (Phi) is 4.07. The molecule has 1 unspecified atom stereocenters. The molecule has 58 valence electrons. The van der Waals surface area contributed by atoms with Crippen LogP contribution in [0.1, 0.15) is 6.92 Å². The molecular formula is C6H9ClO3. The molecule has 0 radical (unpaired) electrons. The molecule has 0 bridgehead atoms. The molecule has 4 heteroatoms. The summed E-state index contributed by atoms with van der Waals surface area (Å²) in [7, 11) is 1.43. The second kappa shape index (κ2) is 4.30. The van der Waals surface area contributed by atoms with E-state index in [2.05, 4.69) is 16.1 Å². The van der Waals surface area contributed by atoms with Gasteiger partial charge >= 0.3 is 5.97 Å². The first-order chi connectivity index (χ1) is 4.57. The van der Waals surface area contributed by atoms with Crippen LogP contribution in [0.15, 0.2) is 11.6 Å². The van der Waals surface area contributed by atoms with Gasteiger partial charge in [-0.3, -0.25) is 0 Å². The fourth-order valence-electron chi connectivity index (χ4n) is 0.263. The van der Waals surface area contributed by atoms with Gasteiger partial charge in [0.1, 0.15) is 5.03 Å². The molecule has 0 spiro atoms. The second-order valence-corrected chi connectivity index (χ2v) is 2.07. The van der Waals surface area contributed by atoms with Crippen LogP contribution in [0.2, 0.25) is 0 Å². The van der Waals surface area contributed by atoms with E-state index in [9.17, 15) is 4.79 Å². The molecule has 0 aliphatic carbocycles. The molecule has 0 aromatic carbocycles. The molecule has 10 heavy (non-hydrogen) atoms. The first kappa shape index (κ1) is 9.46. The van der Waals surface area contributed by atoms with E-state index in [-0.39, 0.29) is 5.03 Å². The normalized spacial score (nSPS) is 12.3. The summed E-state index contributed by atoms with van der Waals surface area (Å²) >= 11 is 5.20. The molecule has 0 N–H and O–H groups in total. The van der Waals surface area contributed by atoms with E-state index in [1.54, 1.807) is 6.92 Å². The van der Waals surface area contributed by atoms with Crippen molar-refractivity contribution in [3.05, 3.63) is 11.6 Å². The van der Waals surface area contributed by atoms with Crippen molar-refractivity contribution in [1.29, 1.82) is 0 Å². The molecular weight excluding hydrogens is 156 g/mol. The van der Waals surface area contributed by atoms with E-state index in [0.29, 0.717) is 0 Å². The topological polar surface area (TPSA) is 35.5 Å². The Hall–Kier alpha value is -0.540. The van der Waals surface area contributed by atoms with Crippen molar-refractivity contribution >= 4 is 17.6 Å². The summed E-state index contributed by atoms with van der Waals surface area (Å²) in [6, 6.07) is 0. The largest absolute Gasteiger partial charge is 0.432 e. The average molecular weight is 165 g/mol. The first-order valence-corrected chi connectivity index (χ1v) is 3.04. The third-order valence-electron chi connectivity index (χ3n) is 0.826. The predicted molar refractivity (Wildman–Crippen MR) is 37.6 cm³/mol. The van der Waals surface area contributed by atoms with Crippen molar-refractivity contribution in [2.24, 2.45) is 0 Å². The van der Waals surface area contributed by atoms with Crippen molar-refractivity contribution in [3.8, 4) is 0 Å². The fraction of sp³-hybridized carbons (Fsp3) is 0.500. The molecule has 0 heterocycles. The maximum atomic E-state index is 10.6. The molecule has 0 aliphatic heterocycles. The van der Waals surface area contributed by atoms with E-state index >= 15 is 0 Å². The molecule has 0 amide bonds. The van der Waals surface area contributed by atoms with Gasteiger partial charge in [0.15, 0.2) is 6.29 Å². The first-order valence-electron chi connectivity index (χ1n) is 2.66. The van der Waals surface area contributed by atoms with Crippen LogP contribution in [0.3, 0.4) is 0 Å². The van der Waals surface area contributed by atoms with E-state index in [1.165, 1.54) is 7.11 Å². The van der Waals surface area contributed by atoms with Gasteiger partial charge in [0.05, 0.1) is 0 Å². The predicted octanol–water partition coefficient (Wildman–Crippen LogP) is 1.27. The zero-order chi connectivity index (χ0) is 8.15. The zero-order valence-electron chi connectivity index (χ0n) is 5.89. The summed E-state index contributed by atoms with van der Waals surface area (Å²) in [5.41, 5.74) is 0. The van der Waals surface area contributed by atoms with Gasteiger partial charge in [-0.25, -0.2) is 4.79 Å². The second-order valence-electron chi connectivity index (χ2n) is 1.61. The van der Waals surface area contributed by atoms with Crippen LogP contribution in [0, 0.1) is 0 Å². The van der Waals surface area contributed by atoms with Gasteiger partial charge in [-0.2, -0.15) is 0 Å². The van der Waals surface area contributed by atoms with Crippen LogP contribution in [0.25, 0.3) is 0 Å². The summed E-state index contributed by atoms with van der Waals surface area (Å²) in [6.07, 6.45) is -0.581. The Balaban J connectivity index is 3.68. The van der Waals surface area contributed by atoms with Gasteiger partial charge in [-0.15, -0.1) is 0 Å². The lowest BCUT2D eigenvalue weighted by Crippen LogP contribution is -2.15. The van der Waals surface area contributed by atoms with E-state index in [4.69, 9.17) is 11.6 Å². The highest BCUT2D eigenvalue weighted by molar-refractivity contribution is 6.40. The van der Waals surface area contributed by atoms with Crippen molar-refractivity contribution in [2.45, 2.75) is 13.2 Å². The molecule has 0 aromatic heterocycles. The lowest BCUT2D eigenvalue weighted by Gasteiger charge is -2.09. The van der Waals surface area contributed by atoms with Gasteiger partial charge in [0, 0.05) is 7.11 Å². The minimum Gasteiger partial charge on any atom is -0.432 e. The SMILES string of the molecule is C=C(Cl)C(=O)OC(C)OC. The van der Waals surface area contributed by atoms with Gasteiger partial charge in [-0.1, -0.05) is 18.2 Å². The molecule has 0 aliphatic rings. The van der Waals surface area contributed by atoms with Crippen molar-refractivity contribution < 1.29 is 14.3 Å². The van der Waals surface area contributed by atoms with E-state index in [0.717, 1.165) is 0 Å². The number of esters is 1. The monoisotopic (exact) mass is 164 g/mol. The maximum absolute atomic E-state index is 10.6. The van der Waals surface area contributed by atoms with Crippen molar-refractivity contribution in [1.82, 2.24) is 0 Å². The number of hydrogen-bond donors (Lipinski definition) is 0. The number of halogens is 1. The van der Waals surface area contributed by atoms with Gasteiger partial charge in [0.2, 0.25) is 0 Å². The van der Waals surface area contributed by atoms with Crippen LogP contribution >= 0.6 is 11.6 Å². The highest BCUT2D eigenvalue weighted by Crippen LogP contribution is 2.02. The molecule has 0 saturated carbocycles. The molecule has 3 nitrogen and oxygen atoms in total. The Morgan fingerprint density at radius 2 is 2.20 bits per heavy atom. The molecule has 0 fully saturated rings. The lowest BCUT2D eigenvalue weighted by molar-refractivity contribution is -0.164. The number of rotatable bonds is 3. The van der Waals surface area contributed by atoms with Crippen LogP contribution in [0.4, 0.5) is 0 Å². The van der Waals surface area contributed by atoms with Gasteiger partial charge < -0.3 is 9.47 Å². The number of methoxy groups -OCH3 is 1. The molecule has 0 rings (SSSR count). The Morgan fingerprint density at radius 1 is 1.70 bits per heavy atom. The summed E-state index contributed by atoms with van der Waals surface area (Å²) in [5.74, 6) is -0.656. The van der Waals surface area contributed by atoms with Crippen LogP contribution in [0.5, 0.6) is 0 Å². The molecule has 0 aromatic rings. The summed E-state index contributed by atoms with van der Waals surface area (Å²) in [5, 5.41) is -0.149. The third-order valence-corrected chi connectivity index (χ3v) is 0.981. The quantitative estimate of drug-likeness (QED) is 0.358. The number of ether oxygens (including phenoxy) is 2. The minimum atomic E-state index is -0.656. The van der Waals surface area contributed by atoms with Gasteiger partial charge in [0.25, 0.3) is 0 Å². The molecule has 1 atom stereocenters. The van der Waals surface area contributed by atoms with E-state index in [1.807, 2.05) is 0 Å². The fourth-order valence-corrected chi connectivity index (χ4v) is 0.307. The van der Waals surface area contributed by atoms with E-state index < -0.39 is 12.3 Å². The summed E-state index contributed by atoms with van der Waals surface area (Å²) in [4.78, 5) is 10.6. The maximum Gasteiger partial charge on any atom is 0.351 e. The average Bonchev–Trinajstić information content (AvgIpc) is 1.87. The highest BCUT2D eigenvalue weighted by atomic mass is 35.5. The van der Waals surface area contributed by atoms with Crippen molar-refractivity contribution in [3.63, 3.8) is 0 Å². The Bertz CT molecular complexity index is 144. The number of carbonyl (C=O) groups excluding carboxylic acids is 1. The van der Waals surface area contributed by atoms with Crippen molar-refractivity contribution in [2.75, 3.05) is 7.11 Å². The minimum absolute atomic E-state index is 0.149. The highest BCUT2D eigenvalue weighted by Gasteiger charge is 2.09. The van der Waals surface area contributed by atoms with Crippen LogP contribution in [-0.4, -0.2) is 19.4 Å². The Labute approximate surface area is 64.6 Å². The Morgan fingerprint density at radius 3 is 2.50 bits per heavy atom. The summed E-state index contributed by atoms with van der Waals surface area (Å²) in [6.45, 7) is 4.76. The smallest absolute Gasteiger partial charge is 0.351 e. The number of hydrogen-bond acceptors (Lipinski definition) is 3.